The zero-order valence-corrected chi connectivity index (χ0v) is 25.1. The summed E-state index contributed by atoms with van der Waals surface area (Å²) in [6.07, 6.45) is 0. The van der Waals surface area contributed by atoms with Gasteiger partial charge in [0.1, 0.15) is 0 Å². The van der Waals surface area contributed by atoms with Crippen molar-refractivity contribution < 1.29 is 16.8 Å². The summed E-state index contributed by atoms with van der Waals surface area (Å²) in [5, 5.41) is -1.39. The Bertz CT molecular complexity index is 1730. The Morgan fingerprint density at radius 1 is 0.692 bits per heavy atom. The van der Waals surface area contributed by atoms with Crippen LogP contribution in [-0.4, -0.2) is 16.8 Å². The van der Waals surface area contributed by atoms with Gasteiger partial charge in [-0.1, -0.05) is 82.8 Å². The van der Waals surface area contributed by atoms with E-state index in [2.05, 4.69) is 4.72 Å². The van der Waals surface area contributed by atoms with Crippen molar-refractivity contribution in [2.24, 2.45) is 0 Å². The van der Waals surface area contributed by atoms with Gasteiger partial charge in [-0.15, -0.1) is 0 Å². The van der Waals surface area contributed by atoms with Gasteiger partial charge in [-0.25, -0.2) is 21.1 Å². The molecule has 0 radical (unpaired) electrons. The van der Waals surface area contributed by atoms with Gasteiger partial charge in [-0.3, -0.25) is 4.72 Å². The number of benzene rings is 4. The Kier molecular flexibility index (Phi) is 8.33. The highest BCUT2D eigenvalue weighted by molar-refractivity contribution is 7.93. The lowest BCUT2D eigenvalue weighted by Gasteiger charge is -2.29. The third kappa shape index (κ3) is 5.52. The van der Waals surface area contributed by atoms with Crippen molar-refractivity contribution in [3.63, 3.8) is 0 Å². The smallest absolute Gasteiger partial charge is 0.268 e. The zero-order valence-electron chi connectivity index (χ0n) is 20.4. The number of nitrogens with two attached hydrogens (primary N) is 1. The van der Waals surface area contributed by atoms with E-state index < -0.39 is 20.0 Å². The molecule has 13 heteroatoms. The molecule has 7 nitrogen and oxygen atoms in total. The maximum Gasteiger partial charge on any atom is 0.268 e. The minimum absolute atomic E-state index is 0.0606. The van der Waals surface area contributed by atoms with E-state index in [0.29, 0.717) is 16.8 Å². The van der Waals surface area contributed by atoms with Crippen LogP contribution in [0.1, 0.15) is 11.1 Å². The molecule has 0 aromatic heterocycles. The molecular formula is C26H21Cl4N3O4S2. The number of nitrogen functional groups attached to an aromatic ring is 1. The first-order valence-electron chi connectivity index (χ1n) is 11.2. The number of nitrogens with zero attached hydrogens (tertiary/aromatic N) is 1. The lowest BCUT2D eigenvalue weighted by Crippen LogP contribution is -2.27. The van der Waals surface area contributed by atoms with Crippen molar-refractivity contribution in [1.29, 1.82) is 0 Å². The lowest BCUT2D eigenvalue weighted by atomic mass is 10.1. The molecule has 0 unspecified atom stereocenters. The van der Waals surface area contributed by atoms with Crippen LogP contribution < -0.4 is 14.8 Å². The number of rotatable bonds is 7. The van der Waals surface area contributed by atoms with Crippen LogP contribution in [0, 0.1) is 13.8 Å². The molecule has 0 aliphatic rings. The Labute approximate surface area is 247 Å². The molecule has 0 heterocycles. The van der Waals surface area contributed by atoms with Gasteiger partial charge in [-0.2, -0.15) is 0 Å². The SMILES string of the molecule is Cc1cc(N(c2c(Cl)c(Cl)c(NS(=O)(=O)c3ccccc3)c(Cl)c2Cl)S(=O)(=O)c2ccccc2)cc(C)c1N. The fourth-order valence-corrected chi connectivity index (χ4v) is 7.78. The van der Waals surface area contributed by atoms with Crippen molar-refractivity contribution in [3.05, 3.63) is 104 Å². The van der Waals surface area contributed by atoms with Crippen molar-refractivity contribution in [2.75, 3.05) is 14.8 Å². The van der Waals surface area contributed by atoms with Crippen LogP contribution in [0.5, 0.6) is 0 Å². The number of hydrogen-bond donors (Lipinski definition) is 2. The molecule has 0 fully saturated rings. The molecule has 4 aromatic rings. The first-order valence-corrected chi connectivity index (χ1v) is 15.6. The van der Waals surface area contributed by atoms with Crippen LogP contribution in [0.15, 0.2) is 82.6 Å². The Hall–Kier alpha value is -2.66. The van der Waals surface area contributed by atoms with Crippen LogP contribution in [-0.2, 0) is 20.0 Å². The van der Waals surface area contributed by atoms with Crippen molar-refractivity contribution in [1.82, 2.24) is 0 Å². The number of nitrogens with one attached hydrogen (secondary N) is 1. The monoisotopic (exact) mass is 643 g/mol. The predicted octanol–water partition coefficient (Wildman–Crippen LogP) is 7.83. The largest absolute Gasteiger partial charge is 0.398 e. The summed E-state index contributed by atoms with van der Waals surface area (Å²) in [5.74, 6) is 0. The molecule has 4 rings (SSSR count). The number of anilines is 4. The molecule has 0 bridgehead atoms. The van der Waals surface area contributed by atoms with Crippen molar-refractivity contribution in [3.8, 4) is 0 Å². The first kappa shape index (κ1) is 29.3. The highest BCUT2D eigenvalue weighted by atomic mass is 35.5. The molecule has 3 N–H and O–H groups in total. The molecular weight excluding hydrogens is 624 g/mol. The summed E-state index contributed by atoms with van der Waals surface area (Å²) in [6, 6.07) is 18.2. The fourth-order valence-electron chi connectivity index (χ4n) is 3.84. The summed E-state index contributed by atoms with van der Waals surface area (Å²) in [7, 11) is -8.50. The van der Waals surface area contributed by atoms with E-state index in [1.807, 2.05) is 0 Å². The average molecular weight is 645 g/mol. The quantitative estimate of drug-likeness (QED) is 0.157. The maximum absolute atomic E-state index is 14.0. The van der Waals surface area contributed by atoms with Crippen molar-refractivity contribution in [2.45, 2.75) is 23.6 Å². The first-order chi connectivity index (χ1) is 18.3. The number of sulfonamides is 2. The van der Waals surface area contributed by atoms with Gasteiger partial charge in [0.05, 0.1) is 46.9 Å². The van der Waals surface area contributed by atoms with E-state index in [0.717, 1.165) is 4.31 Å². The highest BCUT2D eigenvalue weighted by Gasteiger charge is 2.35. The molecule has 0 aliphatic heterocycles. The van der Waals surface area contributed by atoms with E-state index >= 15 is 0 Å². The van der Waals surface area contributed by atoms with Crippen LogP contribution >= 0.6 is 46.4 Å². The molecule has 0 aliphatic carbocycles. The van der Waals surface area contributed by atoms with Crippen LogP contribution in [0.25, 0.3) is 0 Å². The van der Waals surface area contributed by atoms with Crippen LogP contribution in [0.3, 0.4) is 0 Å². The summed E-state index contributed by atoms with van der Waals surface area (Å²) in [5.41, 5.74) is 7.41. The molecule has 0 amide bonds. The summed E-state index contributed by atoms with van der Waals surface area (Å²) >= 11 is 26.4. The Balaban J connectivity index is 1.99. The van der Waals surface area contributed by atoms with Gasteiger partial charge in [-0.05, 0) is 61.4 Å². The summed E-state index contributed by atoms with van der Waals surface area (Å²) < 4.78 is 57.3. The van der Waals surface area contributed by atoms with Gasteiger partial charge in [0.15, 0.2) is 0 Å². The number of aryl methyl sites for hydroxylation is 2. The summed E-state index contributed by atoms with van der Waals surface area (Å²) in [4.78, 5) is -0.125. The highest BCUT2D eigenvalue weighted by Crippen LogP contribution is 2.52. The second-order valence-corrected chi connectivity index (χ2v) is 13.5. The topological polar surface area (TPSA) is 110 Å². The van der Waals surface area contributed by atoms with E-state index in [1.165, 1.54) is 24.3 Å². The third-order valence-electron chi connectivity index (χ3n) is 5.83. The van der Waals surface area contributed by atoms with E-state index in [1.54, 1.807) is 62.4 Å². The molecule has 0 saturated carbocycles. The molecule has 0 saturated heterocycles. The second-order valence-electron chi connectivity index (χ2n) is 8.47. The standard InChI is InChI=1S/C26H21Cl4N3O4S2/c1-15-13-17(14-16(2)24(15)31)33(39(36,37)19-11-7-4-8-12-19)26-22(29)20(27)25(21(28)23(26)30)32-38(34,35)18-9-5-3-6-10-18/h3-14,32H,31H2,1-2H3. The minimum atomic E-state index is -4.36. The van der Waals surface area contributed by atoms with E-state index in [-0.39, 0.29) is 46.9 Å². The Morgan fingerprint density at radius 3 is 1.59 bits per heavy atom. The average Bonchev–Trinajstić information content (AvgIpc) is 2.91. The van der Waals surface area contributed by atoms with Crippen LogP contribution in [0.4, 0.5) is 22.7 Å². The van der Waals surface area contributed by atoms with E-state index in [4.69, 9.17) is 52.1 Å². The van der Waals surface area contributed by atoms with E-state index in [9.17, 15) is 16.8 Å². The van der Waals surface area contributed by atoms with Gasteiger partial charge >= 0.3 is 0 Å². The minimum Gasteiger partial charge on any atom is -0.398 e. The van der Waals surface area contributed by atoms with Crippen molar-refractivity contribution >= 4 is 89.2 Å². The van der Waals surface area contributed by atoms with Gasteiger partial charge < -0.3 is 5.73 Å². The Morgan fingerprint density at radius 2 is 1.13 bits per heavy atom. The number of hydrogen-bond acceptors (Lipinski definition) is 5. The molecule has 0 spiro atoms. The predicted molar refractivity (Wildman–Crippen MR) is 160 cm³/mol. The normalized spacial score (nSPS) is 11.8. The number of halogens is 4. The second kappa shape index (κ2) is 11.1. The van der Waals surface area contributed by atoms with Crippen LogP contribution in [0.2, 0.25) is 20.1 Å². The fraction of sp³-hybridized carbons (Fsp3) is 0.0769. The lowest BCUT2D eigenvalue weighted by molar-refractivity contribution is 0.595. The molecule has 204 valence electrons. The van der Waals surface area contributed by atoms with Gasteiger partial charge in [0.25, 0.3) is 20.0 Å². The third-order valence-corrected chi connectivity index (χ3v) is 10.6. The molecule has 4 aromatic carbocycles. The molecule has 39 heavy (non-hydrogen) atoms. The molecule has 0 atom stereocenters. The van der Waals surface area contributed by atoms with Gasteiger partial charge in [0, 0.05) is 5.69 Å². The maximum atomic E-state index is 14.0. The zero-order chi connectivity index (χ0) is 28.7. The summed E-state index contributed by atoms with van der Waals surface area (Å²) in [6.45, 7) is 3.45. The van der Waals surface area contributed by atoms with Gasteiger partial charge in [0.2, 0.25) is 0 Å².